The van der Waals surface area contributed by atoms with E-state index in [4.69, 9.17) is 11.6 Å². The molecule has 1 amide bonds. The van der Waals surface area contributed by atoms with Crippen LogP contribution in [0.2, 0.25) is 5.02 Å². The van der Waals surface area contributed by atoms with E-state index in [1.165, 1.54) is 11.4 Å². The Balaban J connectivity index is 1.20. The van der Waals surface area contributed by atoms with Crippen molar-refractivity contribution >= 4 is 34.5 Å². The highest BCUT2D eigenvalue weighted by atomic mass is 35.5. The van der Waals surface area contributed by atoms with Gasteiger partial charge in [0.25, 0.3) is 5.91 Å². The summed E-state index contributed by atoms with van der Waals surface area (Å²) < 4.78 is 1.90. The predicted octanol–water partition coefficient (Wildman–Crippen LogP) is 5.12. The molecule has 1 aliphatic rings. The fourth-order valence-corrected chi connectivity index (χ4v) is 4.83. The van der Waals surface area contributed by atoms with Crippen molar-refractivity contribution < 1.29 is 4.79 Å². The number of pyridine rings is 1. The molecule has 1 fully saturated rings. The lowest BCUT2D eigenvalue weighted by atomic mass is 10.1. The van der Waals surface area contributed by atoms with Crippen LogP contribution in [-0.2, 0) is 13.0 Å². The van der Waals surface area contributed by atoms with E-state index in [1.54, 1.807) is 0 Å². The molecule has 1 saturated heterocycles. The van der Waals surface area contributed by atoms with Gasteiger partial charge in [0, 0.05) is 55.3 Å². The molecule has 0 aliphatic carbocycles. The van der Waals surface area contributed by atoms with E-state index in [9.17, 15) is 4.79 Å². The molecule has 6 nitrogen and oxygen atoms in total. The van der Waals surface area contributed by atoms with Crippen LogP contribution in [0.15, 0.2) is 66.9 Å². The minimum absolute atomic E-state index is 0.0950. The average molecular weight is 488 g/mol. The predicted molar refractivity (Wildman–Crippen MR) is 143 cm³/mol. The summed E-state index contributed by atoms with van der Waals surface area (Å²) >= 11 is 6.02. The van der Waals surface area contributed by atoms with Crippen molar-refractivity contribution in [1.29, 1.82) is 0 Å². The molecule has 0 saturated carbocycles. The van der Waals surface area contributed by atoms with Crippen LogP contribution in [0.25, 0.3) is 5.65 Å². The van der Waals surface area contributed by atoms with Crippen molar-refractivity contribution in [2.24, 2.45) is 0 Å². The lowest BCUT2D eigenvalue weighted by Gasteiger charge is -2.37. The van der Waals surface area contributed by atoms with Crippen molar-refractivity contribution in [3.05, 3.63) is 94.4 Å². The van der Waals surface area contributed by atoms with Gasteiger partial charge in [-0.3, -0.25) is 9.20 Å². The van der Waals surface area contributed by atoms with Gasteiger partial charge in [-0.1, -0.05) is 36.7 Å². The highest BCUT2D eigenvalue weighted by Gasteiger charge is 2.20. The van der Waals surface area contributed by atoms with Gasteiger partial charge >= 0.3 is 0 Å². The topological polar surface area (TPSA) is 52.9 Å². The van der Waals surface area contributed by atoms with Crippen molar-refractivity contribution in [2.75, 3.05) is 36.0 Å². The van der Waals surface area contributed by atoms with Gasteiger partial charge in [0.1, 0.15) is 11.3 Å². The Morgan fingerprint density at radius 1 is 0.943 bits per heavy atom. The van der Waals surface area contributed by atoms with E-state index < -0.39 is 0 Å². The summed E-state index contributed by atoms with van der Waals surface area (Å²) in [5, 5.41) is 3.85. The summed E-state index contributed by atoms with van der Waals surface area (Å²) in [6.07, 6.45) is 2.62. The molecule has 5 rings (SSSR count). The second kappa shape index (κ2) is 10.0. The number of carbonyl (C=O) groups excluding carboxylic acids is 1. The Morgan fingerprint density at radius 3 is 2.14 bits per heavy atom. The molecule has 0 spiro atoms. The Morgan fingerprint density at radius 2 is 1.54 bits per heavy atom. The molecule has 3 heterocycles. The molecule has 35 heavy (non-hydrogen) atoms. The van der Waals surface area contributed by atoms with E-state index in [1.807, 2.05) is 48.7 Å². The zero-order valence-electron chi connectivity index (χ0n) is 20.2. The van der Waals surface area contributed by atoms with Crippen LogP contribution >= 0.6 is 11.6 Å². The van der Waals surface area contributed by atoms with Crippen LogP contribution in [0.1, 0.15) is 34.2 Å². The van der Waals surface area contributed by atoms with Crippen LogP contribution in [0, 0.1) is 6.92 Å². The molecule has 2 aromatic heterocycles. The first-order valence-electron chi connectivity index (χ1n) is 12.1. The molecule has 0 atom stereocenters. The number of benzene rings is 2. The van der Waals surface area contributed by atoms with Gasteiger partial charge in [-0.25, -0.2) is 4.98 Å². The van der Waals surface area contributed by atoms with Crippen LogP contribution < -0.4 is 15.1 Å². The summed E-state index contributed by atoms with van der Waals surface area (Å²) in [7, 11) is 0. The largest absolute Gasteiger partial charge is 0.368 e. The fourth-order valence-electron chi connectivity index (χ4n) is 4.70. The Bertz CT molecular complexity index is 1320. The number of aromatic nitrogens is 2. The van der Waals surface area contributed by atoms with Gasteiger partial charge in [-0.2, -0.15) is 0 Å². The first-order chi connectivity index (χ1) is 17.0. The SMILES string of the molecule is CCc1nc2c(C)cccn2c1C(=O)NCc1ccc(N2CCN(c3ccc(Cl)cc3)CC2)cc1. The second-order valence-electron chi connectivity index (χ2n) is 8.95. The highest BCUT2D eigenvalue weighted by Crippen LogP contribution is 2.23. The van der Waals surface area contributed by atoms with Crippen molar-refractivity contribution in [2.45, 2.75) is 26.8 Å². The number of rotatable bonds is 6. The van der Waals surface area contributed by atoms with Gasteiger partial charge in [0.05, 0.1) is 5.69 Å². The standard InChI is InChI=1S/C28H30ClN5O/c1-3-25-26(34-14-4-5-20(2)27(34)31-25)28(35)30-19-21-6-10-23(11-7-21)32-15-17-33(18-16-32)24-12-8-22(29)9-13-24/h4-14H,3,15-19H2,1-2H3,(H,30,35). The maximum Gasteiger partial charge on any atom is 0.270 e. The zero-order valence-corrected chi connectivity index (χ0v) is 20.9. The zero-order chi connectivity index (χ0) is 24.4. The van der Waals surface area contributed by atoms with Crippen LogP contribution in [0.5, 0.6) is 0 Å². The molecule has 0 unspecified atom stereocenters. The minimum Gasteiger partial charge on any atom is -0.368 e. The number of nitrogens with one attached hydrogen (secondary N) is 1. The van der Waals surface area contributed by atoms with E-state index >= 15 is 0 Å². The number of amides is 1. The molecule has 2 aromatic carbocycles. The third-order valence-corrected chi connectivity index (χ3v) is 6.95. The molecule has 1 N–H and O–H groups in total. The second-order valence-corrected chi connectivity index (χ2v) is 9.38. The van der Waals surface area contributed by atoms with Crippen LogP contribution in [0.4, 0.5) is 11.4 Å². The maximum absolute atomic E-state index is 13.1. The normalized spacial score (nSPS) is 13.9. The molecule has 7 heteroatoms. The van der Waals surface area contributed by atoms with E-state index in [0.29, 0.717) is 18.7 Å². The van der Waals surface area contributed by atoms with Gasteiger partial charge < -0.3 is 15.1 Å². The quantitative estimate of drug-likeness (QED) is 0.410. The number of aryl methyl sites for hydroxylation is 2. The number of carbonyl (C=O) groups is 1. The lowest BCUT2D eigenvalue weighted by Crippen LogP contribution is -2.46. The number of nitrogens with zero attached hydrogens (tertiary/aromatic N) is 4. The number of halogens is 1. The molecule has 180 valence electrons. The molecule has 4 aromatic rings. The monoisotopic (exact) mass is 487 g/mol. The highest BCUT2D eigenvalue weighted by molar-refractivity contribution is 6.30. The van der Waals surface area contributed by atoms with Crippen molar-refractivity contribution in [3.63, 3.8) is 0 Å². The van der Waals surface area contributed by atoms with Crippen molar-refractivity contribution in [1.82, 2.24) is 14.7 Å². The van der Waals surface area contributed by atoms with E-state index in [-0.39, 0.29) is 5.91 Å². The smallest absolute Gasteiger partial charge is 0.270 e. The number of anilines is 2. The van der Waals surface area contributed by atoms with Gasteiger partial charge in [0.15, 0.2) is 0 Å². The first kappa shape index (κ1) is 23.2. The molecular weight excluding hydrogens is 458 g/mol. The van der Waals surface area contributed by atoms with Gasteiger partial charge in [0.2, 0.25) is 0 Å². The summed E-state index contributed by atoms with van der Waals surface area (Å²) in [6, 6.07) is 20.5. The summed E-state index contributed by atoms with van der Waals surface area (Å²) in [6.45, 7) is 8.39. The molecule has 1 aliphatic heterocycles. The average Bonchev–Trinajstić information content (AvgIpc) is 3.28. The van der Waals surface area contributed by atoms with Gasteiger partial charge in [-0.15, -0.1) is 0 Å². The first-order valence-corrected chi connectivity index (χ1v) is 12.5. The van der Waals surface area contributed by atoms with E-state index in [0.717, 1.165) is 53.7 Å². The maximum atomic E-state index is 13.1. The third kappa shape index (κ3) is 4.84. The Hall–Kier alpha value is -3.51. The van der Waals surface area contributed by atoms with Crippen molar-refractivity contribution in [3.8, 4) is 0 Å². The Labute approximate surface area is 211 Å². The summed E-state index contributed by atoms with van der Waals surface area (Å²) in [5.74, 6) is -0.0950. The fraction of sp³-hybridized carbons (Fsp3) is 0.286. The lowest BCUT2D eigenvalue weighted by molar-refractivity contribution is 0.0944. The molecular formula is C28H30ClN5O. The summed E-state index contributed by atoms with van der Waals surface area (Å²) in [5.41, 5.74) is 6.85. The number of hydrogen-bond donors (Lipinski definition) is 1. The van der Waals surface area contributed by atoms with Gasteiger partial charge in [-0.05, 0) is 66.9 Å². The molecule has 0 radical (unpaired) electrons. The van der Waals surface area contributed by atoms with Crippen LogP contribution in [0.3, 0.4) is 0 Å². The summed E-state index contributed by atoms with van der Waals surface area (Å²) in [4.78, 5) is 22.6. The van der Waals surface area contributed by atoms with E-state index in [2.05, 4.69) is 56.5 Å². The Kier molecular flexibility index (Phi) is 6.64. The minimum atomic E-state index is -0.0950. The molecule has 0 bridgehead atoms. The number of piperazine rings is 1. The third-order valence-electron chi connectivity index (χ3n) is 6.69. The number of imidazole rings is 1. The number of hydrogen-bond acceptors (Lipinski definition) is 4. The van der Waals surface area contributed by atoms with Crippen LogP contribution in [-0.4, -0.2) is 41.5 Å². The number of fused-ring (bicyclic) bond motifs is 1.